The van der Waals surface area contributed by atoms with Gasteiger partial charge in [-0.1, -0.05) is 6.92 Å². The fourth-order valence-corrected chi connectivity index (χ4v) is 2.97. The molecular weight excluding hydrogens is 264 g/mol. The smallest absolute Gasteiger partial charge is 0.148 e. The molecule has 1 rings (SSSR count). The first-order chi connectivity index (χ1) is 8.92. The number of rotatable bonds is 9. The number of hydrogen-bond acceptors (Lipinski definition) is 5. The summed E-state index contributed by atoms with van der Waals surface area (Å²) in [6.45, 7) is 6.30. The van der Waals surface area contributed by atoms with Crippen molar-refractivity contribution < 1.29 is 13.2 Å². The average molecular weight is 292 g/mol. The molecule has 1 aliphatic heterocycles. The first kappa shape index (κ1) is 16.9. The summed E-state index contributed by atoms with van der Waals surface area (Å²) in [5, 5.41) is 3.57. The second-order valence-corrected chi connectivity index (χ2v) is 7.84. The highest BCUT2D eigenvalue weighted by Gasteiger charge is 2.26. The minimum atomic E-state index is -2.88. The Hall–Kier alpha value is -0.170. The second-order valence-electron chi connectivity index (χ2n) is 5.58. The van der Waals surface area contributed by atoms with E-state index in [0.29, 0.717) is 18.5 Å². The van der Waals surface area contributed by atoms with Crippen molar-refractivity contribution in [2.45, 2.75) is 25.8 Å². The summed E-state index contributed by atoms with van der Waals surface area (Å²) in [6.07, 6.45) is 3.50. The zero-order chi connectivity index (χ0) is 14.3. The molecule has 19 heavy (non-hydrogen) atoms. The quantitative estimate of drug-likeness (QED) is 0.665. The summed E-state index contributed by atoms with van der Waals surface area (Å²) in [5.74, 6) is 0.776. The SMILES string of the molecule is CCCNC(CN(C)CCS(C)(=O)=O)C1CCOC1. The minimum Gasteiger partial charge on any atom is -0.381 e. The monoisotopic (exact) mass is 292 g/mol. The molecule has 2 unspecified atom stereocenters. The van der Waals surface area contributed by atoms with Gasteiger partial charge in [-0.25, -0.2) is 8.42 Å². The van der Waals surface area contributed by atoms with Gasteiger partial charge in [0, 0.05) is 37.9 Å². The van der Waals surface area contributed by atoms with Crippen molar-refractivity contribution in [3.63, 3.8) is 0 Å². The van der Waals surface area contributed by atoms with Gasteiger partial charge >= 0.3 is 0 Å². The lowest BCUT2D eigenvalue weighted by atomic mass is 9.98. The number of sulfone groups is 1. The van der Waals surface area contributed by atoms with Gasteiger partial charge in [0.1, 0.15) is 9.84 Å². The summed E-state index contributed by atoms with van der Waals surface area (Å²) in [4.78, 5) is 2.10. The number of ether oxygens (including phenoxy) is 1. The van der Waals surface area contributed by atoms with E-state index in [-0.39, 0.29) is 5.75 Å². The van der Waals surface area contributed by atoms with Crippen molar-refractivity contribution in [2.75, 3.05) is 51.9 Å². The lowest BCUT2D eigenvalue weighted by Crippen LogP contribution is -2.46. The van der Waals surface area contributed by atoms with Crippen molar-refractivity contribution >= 4 is 9.84 Å². The molecule has 1 heterocycles. The van der Waals surface area contributed by atoms with Gasteiger partial charge in [-0.2, -0.15) is 0 Å². The molecule has 2 atom stereocenters. The molecule has 0 spiro atoms. The van der Waals surface area contributed by atoms with E-state index in [2.05, 4.69) is 17.1 Å². The number of nitrogens with zero attached hydrogens (tertiary/aromatic N) is 1. The maximum atomic E-state index is 11.2. The molecule has 0 radical (unpaired) electrons. The van der Waals surface area contributed by atoms with Gasteiger partial charge in [-0.15, -0.1) is 0 Å². The topological polar surface area (TPSA) is 58.6 Å². The standard InChI is InChI=1S/C13H28N2O3S/c1-4-6-14-13(12-5-8-18-11-12)10-15(2)7-9-19(3,16)17/h12-14H,4-11H2,1-3H3. The molecule has 6 heteroatoms. The molecule has 1 saturated heterocycles. The Morgan fingerprint density at radius 1 is 1.47 bits per heavy atom. The molecule has 1 aliphatic rings. The van der Waals surface area contributed by atoms with E-state index in [0.717, 1.165) is 39.1 Å². The predicted octanol–water partition coefficient (Wildman–Crippen LogP) is 0.368. The van der Waals surface area contributed by atoms with Crippen LogP contribution in [0.1, 0.15) is 19.8 Å². The highest BCUT2D eigenvalue weighted by Crippen LogP contribution is 2.17. The van der Waals surface area contributed by atoms with Crippen LogP contribution in [-0.2, 0) is 14.6 Å². The van der Waals surface area contributed by atoms with E-state index >= 15 is 0 Å². The van der Waals surface area contributed by atoms with Crippen LogP contribution in [0, 0.1) is 5.92 Å². The maximum absolute atomic E-state index is 11.2. The van der Waals surface area contributed by atoms with Crippen LogP contribution in [0.2, 0.25) is 0 Å². The predicted molar refractivity (Wildman–Crippen MR) is 78.2 cm³/mol. The Morgan fingerprint density at radius 2 is 2.21 bits per heavy atom. The molecule has 0 saturated carbocycles. The summed E-state index contributed by atoms with van der Waals surface area (Å²) < 4.78 is 27.8. The second kappa shape index (κ2) is 8.19. The summed E-state index contributed by atoms with van der Waals surface area (Å²) in [6, 6.07) is 0.395. The van der Waals surface area contributed by atoms with Crippen LogP contribution in [0.4, 0.5) is 0 Å². The Labute approximate surface area is 117 Å². The fourth-order valence-electron chi connectivity index (χ4n) is 2.33. The minimum absolute atomic E-state index is 0.227. The highest BCUT2D eigenvalue weighted by molar-refractivity contribution is 7.90. The van der Waals surface area contributed by atoms with Crippen molar-refractivity contribution in [3.05, 3.63) is 0 Å². The molecule has 1 fully saturated rings. The third-order valence-electron chi connectivity index (χ3n) is 3.54. The number of nitrogens with one attached hydrogen (secondary N) is 1. The molecule has 0 aromatic heterocycles. The molecular formula is C13H28N2O3S. The van der Waals surface area contributed by atoms with Gasteiger partial charge in [-0.05, 0) is 26.4 Å². The lowest BCUT2D eigenvalue weighted by molar-refractivity contribution is 0.167. The first-order valence-electron chi connectivity index (χ1n) is 7.09. The Bertz CT molecular complexity index is 340. The van der Waals surface area contributed by atoms with Gasteiger partial charge in [0.2, 0.25) is 0 Å². The third-order valence-corrected chi connectivity index (χ3v) is 4.47. The zero-order valence-corrected chi connectivity index (χ0v) is 13.2. The van der Waals surface area contributed by atoms with Gasteiger partial charge in [0.15, 0.2) is 0 Å². The van der Waals surface area contributed by atoms with E-state index in [1.54, 1.807) is 0 Å². The molecule has 0 aromatic rings. The van der Waals surface area contributed by atoms with E-state index in [1.807, 2.05) is 7.05 Å². The van der Waals surface area contributed by atoms with Crippen LogP contribution in [0.15, 0.2) is 0 Å². The average Bonchev–Trinajstić information content (AvgIpc) is 2.84. The lowest BCUT2D eigenvalue weighted by Gasteiger charge is -2.28. The highest BCUT2D eigenvalue weighted by atomic mass is 32.2. The van der Waals surface area contributed by atoms with Gasteiger partial charge < -0.3 is 15.0 Å². The molecule has 114 valence electrons. The van der Waals surface area contributed by atoms with Crippen LogP contribution in [0.3, 0.4) is 0 Å². The van der Waals surface area contributed by atoms with Crippen molar-refractivity contribution in [1.29, 1.82) is 0 Å². The van der Waals surface area contributed by atoms with Crippen LogP contribution >= 0.6 is 0 Å². The number of hydrogen-bond donors (Lipinski definition) is 1. The normalized spacial score (nSPS) is 22.0. The summed E-state index contributed by atoms with van der Waals surface area (Å²) in [5.41, 5.74) is 0. The maximum Gasteiger partial charge on any atom is 0.148 e. The fraction of sp³-hybridized carbons (Fsp3) is 1.00. The van der Waals surface area contributed by atoms with Crippen molar-refractivity contribution in [3.8, 4) is 0 Å². The van der Waals surface area contributed by atoms with E-state index in [9.17, 15) is 8.42 Å². The third kappa shape index (κ3) is 7.25. The molecule has 0 aliphatic carbocycles. The molecule has 0 aromatic carbocycles. The van der Waals surface area contributed by atoms with E-state index in [1.165, 1.54) is 6.26 Å². The molecule has 1 N–H and O–H groups in total. The first-order valence-corrected chi connectivity index (χ1v) is 9.16. The van der Waals surface area contributed by atoms with Gasteiger partial charge in [-0.3, -0.25) is 0 Å². The molecule has 0 amide bonds. The zero-order valence-electron chi connectivity index (χ0n) is 12.4. The van der Waals surface area contributed by atoms with Crippen molar-refractivity contribution in [1.82, 2.24) is 10.2 Å². The Morgan fingerprint density at radius 3 is 2.74 bits per heavy atom. The van der Waals surface area contributed by atoms with E-state index in [4.69, 9.17) is 4.74 Å². The largest absolute Gasteiger partial charge is 0.381 e. The van der Waals surface area contributed by atoms with Crippen LogP contribution in [-0.4, -0.2) is 71.3 Å². The Kier molecular flexibility index (Phi) is 7.28. The van der Waals surface area contributed by atoms with Gasteiger partial charge in [0.25, 0.3) is 0 Å². The van der Waals surface area contributed by atoms with Gasteiger partial charge in [0.05, 0.1) is 12.4 Å². The van der Waals surface area contributed by atoms with Crippen LogP contribution in [0.5, 0.6) is 0 Å². The van der Waals surface area contributed by atoms with Crippen molar-refractivity contribution in [2.24, 2.45) is 5.92 Å². The molecule has 0 bridgehead atoms. The number of likely N-dealkylation sites (N-methyl/N-ethyl adjacent to an activating group) is 1. The summed E-state index contributed by atoms with van der Waals surface area (Å²) >= 11 is 0. The Balaban J connectivity index is 2.41. The molecule has 5 nitrogen and oxygen atoms in total. The summed E-state index contributed by atoms with van der Waals surface area (Å²) in [7, 11) is -0.890. The van der Waals surface area contributed by atoms with Crippen LogP contribution < -0.4 is 5.32 Å². The van der Waals surface area contributed by atoms with Crippen LogP contribution in [0.25, 0.3) is 0 Å². The van der Waals surface area contributed by atoms with E-state index < -0.39 is 9.84 Å².